The van der Waals surface area contributed by atoms with Gasteiger partial charge in [0.1, 0.15) is 0 Å². The average molecular weight is 337 g/mol. The van der Waals surface area contributed by atoms with Crippen molar-refractivity contribution < 1.29 is 4.79 Å². The SMILES string of the molecule is Cc1ccccc1CN(C)CC(=O)Nc1ccc(N2CCCC2)cc1. The molecule has 2 aromatic carbocycles. The van der Waals surface area contributed by atoms with Gasteiger partial charge in [-0.25, -0.2) is 0 Å². The second-order valence-electron chi connectivity index (χ2n) is 6.89. The van der Waals surface area contributed by atoms with Crippen molar-refractivity contribution in [1.82, 2.24) is 4.90 Å². The molecule has 1 saturated heterocycles. The van der Waals surface area contributed by atoms with Crippen LogP contribution in [-0.2, 0) is 11.3 Å². The van der Waals surface area contributed by atoms with Crippen LogP contribution in [0.3, 0.4) is 0 Å². The molecule has 0 aliphatic carbocycles. The summed E-state index contributed by atoms with van der Waals surface area (Å²) < 4.78 is 0. The highest BCUT2D eigenvalue weighted by Crippen LogP contribution is 2.22. The summed E-state index contributed by atoms with van der Waals surface area (Å²) in [6.45, 7) is 5.52. The fourth-order valence-corrected chi connectivity index (χ4v) is 3.31. The Hall–Kier alpha value is -2.33. The van der Waals surface area contributed by atoms with Gasteiger partial charge in [-0.1, -0.05) is 24.3 Å². The maximum atomic E-state index is 12.3. The first-order chi connectivity index (χ1) is 12.1. The third-order valence-electron chi connectivity index (χ3n) is 4.74. The van der Waals surface area contributed by atoms with Crippen LogP contribution in [0.4, 0.5) is 11.4 Å². The van der Waals surface area contributed by atoms with Crippen molar-refractivity contribution in [2.24, 2.45) is 0 Å². The Morgan fingerprint density at radius 2 is 1.76 bits per heavy atom. The number of rotatable bonds is 6. The highest BCUT2D eigenvalue weighted by molar-refractivity contribution is 5.92. The van der Waals surface area contributed by atoms with Crippen LogP contribution in [0.25, 0.3) is 0 Å². The van der Waals surface area contributed by atoms with Crippen molar-refractivity contribution in [3.63, 3.8) is 0 Å². The van der Waals surface area contributed by atoms with Gasteiger partial charge in [0.2, 0.25) is 5.91 Å². The molecular weight excluding hydrogens is 310 g/mol. The molecular formula is C21H27N3O. The van der Waals surface area contributed by atoms with Crippen LogP contribution in [0.15, 0.2) is 48.5 Å². The van der Waals surface area contributed by atoms with Gasteiger partial charge < -0.3 is 10.2 Å². The summed E-state index contributed by atoms with van der Waals surface area (Å²) in [5.74, 6) is 0.0185. The monoisotopic (exact) mass is 337 g/mol. The van der Waals surface area contributed by atoms with E-state index in [0.29, 0.717) is 6.54 Å². The number of anilines is 2. The second-order valence-corrected chi connectivity index (χ2v) is 6.89. The summed E-state index contributed by atoms with van der Waals surface area (Å²) in [4.78, 5) is 16.7. The topological polar surface area (TPSA) is 35.6 Å². The summed E-state index contributed by atoms with van der Waals surface area (Å²) in [7, 11) is 1.97. The molecule has 1 N–H and O–H groups in total. The molecule has 3 rings (SSSR count). The first-order valence-corrected chi connectivity index (χ1v) is 9.00. The first-order valence-electron chi connectivity index (χ1n) is 9.00. The van der Waals surface area contributed by atoms with Gasteiger partial charge in [0.25, 0.3) is 0 Å². The third-order valence-corrected chi connectivity index (χ3v) is 4.74. The van der Waals surface area contributed by atoms with E-state index < -0.39 is 0 Å². The van der Waals surface area contributed by atoms with E-state index in [4.69, 9.17) is 0 Å². The number of aryl methyl sites for hydroxylation is 1. The van der Waals surface area contributed by atoms with Gasteiger partial charge >= 0.3 is 0 Å². The van der Waals surface area contributed by atoms with Gasteiger partial charge in [0.05, 0.1) is 6.54 Å². The van der Waals surface area contributed by atoms with E-state index in [2.05, 4.69) is 41.4 Å². The molecule has 0 saturated carbocycles. The van der Waals surface area contributed by atoms with Gasteiger partial charge in [0, 0.05) is 31.0 Å². The van der Waals surface area contributed by atoms with Gasteiger partial charge in [-0.3, -0.25) is 9.69 Å². The van der Waals surface area contributed by atoms with Crippen molar-refractivity contribution >= 4 is 17.3 Å². The van der Waals surface area contributed by atoms with E-state index >= 15 is 0 Å². The molecule has 4 heteroatoms. The lowest BCUT2D eigenvalue weighted by Gasteiger charge is -2.19. The lowest BCUT2D eigenvalue weighted by atomic mass is 10.1. The van der Waals surface area contributed by atoms with Crippen molar-refractivity contribution in [1.29, 1.82) is 0 Å². The first kappa shape index (κ1) is 17.5. The molecule has 1 fully saturated rings. The lowest BCUT2D eigenvalue weighted by molar-refractivity contribution is -0.117. The maximum Gasteiger partial charge on any atom is 0.238 e. The van der Waals surface area contributed by atoms with E-state index in [-0.39, 0.29) is 5.91 Å². The van der Waals surface area contributed by atoms with E-state index in [9.17, 15) is 4.79 Å². The summed E-state index contributed by atoms with van der Waals surface area (Å²) in [6, 6.07) is 16.5. The predicted octanol–water partition coefficient (Wildman–Crippen LogP) is 3.67. The summed E-state index contributed by atoms with van der Waals surface area (Å²) in [5, 5.41) is 2.99. The van der Waals surface area contributed by atoms with Crippen LogP contribution >= 0.6 is 0 Å². The van der Waals surface area contributed by atoms with Crippen molar-refractivity contribution in [2.45, 2.75) is 26.3 Å². The minimum atomic E-state index is 0.0185. The molecule has 0 atom stereocenters. The molecule has 0 spiro atoms. The van der Waals surface area contributed by atoms with Gasteiger partial charge in [-0.05, 0) is 62.2 Å². The Bertz CT molecular complexity index is 705. The van der Waals surface area contributed by atoms with Crippen LogP contribution in [0.5, 0.6) is 0 Å². The summed E-state index contributed by atoms with van der Waals surface area (Å²) in [5.41, 5.74) is 4.62. The standard InChI is InChI=1S/C21H27N3O/c1-17-7-3-4-8-18(17)15-23(2)16-21(25)22-19-9-11-20(12-10-19)24-13-5-6-14-24/h3-4,7-12H,5-6,13-16H2,1-2H3,(H,22,25). The fraction of sp³-hybridized carbons (Fsp3) is 0.381. The number of nitrogens with one attached hydrogen (secondary N) is 1. The normalized spacial score (nSPS) is 14.1. The van der Waals surface area contributed by atoms with Crippen LogP contribution in [0.1, 0.15) is 24.0 Å². The number of hydrogen-bond acceptors (Lipinski definition) is 3. The van der Waals surface area contributed by atoms with Crippen molar-refractivity contribution in [3.05, 3.63) is 59.7 Å². The quantitative estimate of drug-likeness (QED) is 0.874. The maximum absolute atomic E-state index is 12.3. The summed E-state index contributed by atoms with van der Waals surface area (Å²) >= 11 is 0. The molecule has 0 unspecified atom stereocenters. The van der Waals surface area contributed by atoms with Crippen LogP contribution in [0, 0.1) is 6.92 Å². The van der Waals surface area contributed by atoms with E-state index in [1.54, 1.807) is 0 Å². The number of carbonyl (C=O) groups is 1. The summed E-state index contributed by atoms with van der Waals surface area (Å²) in [6.07, 6.45) is 2.54. The Balaban J connectivity index is 1.50. The van der Waals surface area contributed by atoms with Crippen molar-refractivity contribution in [2.75, 3.05) is 36.9 Å². The number of nitrogens with zero attached hydrogens (tertiary/aromatic N) is 2. The van der Waals surface area contributed by atoms with Gasteiger partial charge in [-0.15, -0.1) is 0 Å². The molecule has 132 valence electrons. The van der Waals surface area contributed by atoms with Crippen molar-refractivity contribution in [3.8, 4) is 0 Å². The fourth-order valence-electron chi connectivity index (χ4n) is 3.31. The zero-order valence-corrected chi connectivity index (χ0v) is 15.2. The van der Waals surface area contributed by atoms with E-state index in [1.165, 1.54) is 29.7 Å². The minimum Gasteiger partial charge on any atom is -0.372 e. The number of amides is 1. The highest BCUT2D eigenvalue weighted by atomic mass is 16.2. The molecule has 1 heterocycles. The third kappa shape index (κ3) is 4.83. The average Bonchev–Trinajstić information content (AvgIpc) is 3.12. The number of benzene rings is 2. The Kier molecular flexibility index (Phi) is 5.71. The van der Waals surface area contributed by atoms with Crippen LogP contribution in [-0.4, -0.2) is 37.5 Å². The van der Waals surface area contributed by atoms with E-state index in [1.807, 2.05) is 36.2 Å². The number of likely N-dealkylation sites (N-methyl/N-ethyl adjacent to an activating group) is 1. The molecule has 1 amide bonds. The molecule has 25 heavy (non-hydrogen) atoms. The zero-order chi connectivity index (χ0) is 17.6. The Labute approximate surface area is 150 Å². The van der Waals surface area contributed by atoms with Crippen LogP contribution < -0.4 is 10.2 Å². The Morgan fingerprint density at radius 3 is 2.44 bits per heavy atom. The van der Waals surface area contributed by atoms with E-state index in [0.717, 1.165) is 25.3 Å². The largest absolute Gasteiger partial charge is 0.372 e. The molecule has 0 bridgehead atoms. The molecule has 0 aromatic heterocycles. The highest BCUT2D eigenvalue weighted by Gasteiger charge is 2.12. The smallest absolute Gasteiger partial charge is 0.238 e. The minimum absolute atomic E-state index is 0.0185. The lowest BCUT2D eigenvalue weighted by Crippen LogP contribution is -2.30. The zero-order valence-electron chi connectivity index (χ0n) is 15.2. The molecule has 0 radical (unpaired) electrons. The second kappa shape index (κ2) is 8.17. The molecule has 1 aliphatic rings. The van der Waals surface area contributed by atoms with Gasteiger partial charge in [-0.2, -0.15) is 0 Å². The molecule has 2 aromatic rings. The number of carbonyl (C=O) groups excluding carboxylic acids is 1. The van der Waals surface area contributed by atoms with Crippen LogP contribution in [0.2, 0.25) is 0 Å². The number of hydrogen-bond donors (Lipinski definition) is 1. The molecule has 4 nitrogen and oxygen atoms in total. The van der Waals surface area contributed by atoms with Gasteiger partial charge in [0.15, 0.2) is 0 Å². The predicted molar refractivity (Wildman–Crippen MR) is 104 cm³/mol. The molecule has 1 aliphatic heterocycles. The Morgan fingerprint density at radius 1 is 1.08 bits per heavy atom.